The zero-order chi connectivity index (χ0) is 14.7. The predicted molar refractivity (Wildman–Crippen MR) is 82.7 cm³/mol. The number of nitrogens with zero attached hydrogens (tertiary/aromatic N) is 3. The lowest BCUT2D eigenvalue weighted by molar-refractivity contribution is 0.762. The first kappa shape index (κ1) is 13.1. The summed E-state index contributed by atoms with van der Waals surface area (Å²) in [6.07, 6.45) is 3.79. The molecule has 3 nitrogen and oxygen atoms in total. The molecule has 0 radical (unpaired) electrons. The summed E-state index contributed by atoms with van der Waals surface area (Å²) in [7, 11) is 0. The highest BCUT2D eigenvalue weighted by atomic mass is 15.0. The minimum Gasteiger partial charge on any atom is -0.331 e. The lowest BCUT2D eigenvalue weighted by Gasteiger charge is -2.08. The molecule has 21 heavy (non-hydrogen) atoms. The van der Waals surface area contributed by atoms with Crippen LogP contribution in [0, 0.1) is 18.3 Å². The molecule has 102 valence electrons. The third-order valence-electron chi connectivity index (χ3n) is 3.59. The van der Waals surface area contributed by atoms with Gasteiger partial charge in [-0.1, -0.05) is 42.5 Å². The molecule has 0 fully saturated rings. The Bertz CT molecular complexity index is 792. The largest absolute Gasteiger partial charge is 0.331 e. The van der Waals surface area contributed by atoms with Gasteiger partial charge >= 0.3 is 0 Å². The summed E-state index contributed by atoms with van der Waals surface area (Å²) < 4.78 is 2.11. The predicted octanol–water partition coefficient (Wildman–Crippen LogP) is 3.78. The van der Waals surface area contributed by atoms with Gasteiger partial charge in [0, 0.05) is 18.9 Å². The Balaban J connectivity index is 1.88. The zero-order valence-electron chi connectivity index (χ0n) is 11.8. The van der Waals surface area contributed by atoms with E-state index in [1.807, 2.05) is 43.6 Å². The molecule has 0 spiro atoms. The van der Waals surface area contributed by atoms with Crippen LogP contribution in [0.25, 0.3) is 11.1 Å². The molecule has 3 aromatic rings. The maximum atomic E-state index is 9.18. The number of aryl methyl sites for hydroxylation is 1. The highest BCUT2D eigenvalue weighted by molar-refractivity contribution is 5.70. The Morgan fingerprint density at radius 2 is 1.86 bits per heavy atom. The highest BCUT2D eigenvalue weighted by Gasteiger charge is 2.04. The second-order valence-corrected chi connectivity index (χ2v) is 4.96. The van der Waals surface area contributed by atoms with Crippen LogP contribution in [0.4, 0.5) is 0 Å². The van der Waals surface area contributed by atoms with E-state index in [0.717, 1.165) is 23.5 Å². The van der Waals surface area contributed by atoms with E-state index in [4.69, 9.17) is 0 Å². The second-order valence-electron chi connectivity index (χ2n) is 4.96. The van der Waals surface area contributed by atoms with E-state index in [1.165, 1.54) is 5.56 Å². The first-order valence-electron chi connectivity index (χ1n) is 6.84. The van der Waals surface area contributed by atoms with Crippen LogP contribution in [-0.2, 0) is 6.54 Å². The Kier molecular flexibility index (Phi) is 3.53. The van der Waals surface area contributed by atoms with Gasteiger partial charge in [0.25, 0.3) is 0 Å². The molecule has 0 aliphatic carbocycles. The molecule has 1 aromatic heterocycles. The zero-order valence-corrected chi connectivity index (χ0v) is 11.8. The molecule has 0 saturated heterocycles. The van der Waals surface area contributed by atoms with Gasteiger partial charge in [-0.3, -0.25) is 0 Å². The molecule has 1 heterocycles. The number of hydrogen-bond donors (Lipinski definition) is 0. The second kappa shape index (κ2) is 5.64. The average molecular weight is 273 g/mol. The molecule has 3 heteroatoms. The molecule has 0 aliphatic heterocycles. The van der Waals surface area contributed by atoms with Crippen LogP contribution in [0.5, 0.6) is 0 Å². The van der Waals surface area contributed by atoms with E-state index in [1.54, 1.807) is 0 Å². The van der Waals surface area contributed by atoms with E-state index in [9.17, 15) is 5.26 Å². The molecule has 2 aromatic carbocycles. The van der Waals surface area contributed by atoms with Crippen molar-refractivity contribution in [3.8, 4) is 17.2 Å². The van der Waals surface area contributed by atoms with E-state index in [-0.39, 0.29) is 0 Å². The fourth-order valence-electron chi connectivity index (χ4n) is 2.39. The average Bonchev–Trinajstić information content (AvgIpc) is 2.93. The third kappa shape index (κ3) is 2.70. The van der Waals surface area contributed by atoms with E-state index in [2.05, 4.69) is 39.9 Å². The van der Waals surface area contributed by atoms with E-state index in [0.29, 0.717) is 5.56 Å². The number of nitriles is 1. The van der Waals surface area contributed by atoms with Crippen LogP contribution < -0.4 is 0 Å². The molecule has 0 aliphatic rings. The minimum absolute atomic E-state index is 0.704. The first-order chi connectivity index (χ1) is 10.3. The summed E-state index contributed by atoms with van der Waals surface area (Å²) in [6.45, 7) is 2.81. The van der Waals surface area contributed by atoms with Gasteiger partial charge in [0.15, 0.2) is 0 Å². The van der Waals surface area contributed by atoms with Gasteiger partial charge in [0.05, 0.1) is 11.6 Å². The van der Waals surface area contributed by atoms with Crippen molar-refractivity contribution in [3.05, 3.63) is 77.9 Å². The summed E-state index contributed by atoms with van der Waals surface area (Å²) in [4.78, 5) is 4.23. The molecule has 0 unspecified atom stereocenters. The molecular formula is C18H15N3. The third-order valence-corrected chi connectivity index (χ3v) is 3.59. The van der Waals surface area contributed by atoms with Gasteiger partial charge in [-0.15, -0.1) is 0 Å². The Hall–Kier alpha value is -2.86. The first-order valence-corrected chi connectivity index (χ1v) is 6.84. The van der Waals surface area contributed by atoms with Crippen LogP contribution in [0.1, 0.15) is 17.0 Å². The topological polar surface area (TPSA) is 41.6 Å². The van der Waals surface area contributed by atoms with Crippen molar-refractivity contribution >= 4 is 0 Å². The van der Waals surface area contributed by atoms with Crippen molar-refractivity contribution in [1.82, 2.24) is 9.55 Å². The van der Waals surface area contributed by atoms with Gasteiger partial charge in [0.1, 0.15) is 5.82 Å². The summed E-state index contributed by atoms with van der Waals surface area (Å²) in [5.41, 5.74) is 3.97. The Morgan fingerprint density at radius 3 is 2.52 bits per heavy atom. The summed E-state index contributed by atoms with van der Waals surface area (Å²) in [5, 5.41) is 9.18. The fraction of sp³-hybridized carbons (Fsp3) is 0.111. The smallest absolute Gasteiger partial charge is 0.105 e. The number of imidazole rings is 1. The summed E-state index contributed by atoms with van der Waals surface area (Å²) in [5.74, 6) is 1.01. The van der Waals surface area contributed by atoms with Gasteiger partial charge in [0.2, 0.25) is 0 Å². The quantitative estimate of drug-likeness (QED) is 0.728. The molecule has 0 amide bonds. The molecule has 0 N–H and O–H groups in total. The van der Waals surface area contributed by atoms with Gasteiger partial charge in [-0.25, -0.2) is 4.98 Å². The van der Waals surface area contributed by atoms with Crippen molar-refractivity contribution in [1.29, 1.82) is 5.26 Å². The standard InChI is InChI=1S/C18H15N3/c1-14-20-10-11-21(14)13-15-6-8-16(9-7-15)18-5-3-2-4-17(18)12-19/h2-11H,13H2,1H3. The fourth-order valence-corrected chi connectivity index (χ4v) is 2.39. The lowest BCUT2D eigenvalue weighted by Crippen LogP contribution is -2.00. The summed E-state index contributed by atoms with van der Waals surface area (Å²) >= 11 is 0. The highest BCUT2D eigenvalue weighted by Crippen LogP contribution is 2.23. The molecule has 0 bridgehead atoms. The van der Waals surface area contributed by atoms with Crippen LogP contribution in [0.3, 0.4) is 0 Å². The van der Waals surface area contributed by atoms with Crippen molar-refractivity contribution in [2.24, 2.45) is 0 Å². The minimum atomic E-state index is 0.704. The molecule has 0 saturated carbocycles. The van der Waals surface area contributed by atoms with E-state index >= 15 is 0 Å². The van der Waals surface area contributed by atoms with Crippen LogP contribution in [-0.4, -0.2) is 9.55 Å². The van der Waals surface area contributed by atoms with Crippen LogP contribution in [0.2, 0.25) is 0 Å². The number of benzene rings is 2. The van der Waals surface area contributed by atoms with Gasteiger partial charge in [-0.2, -0.15) is 5.26 Å². The molecular weight excluding hydrogens is 258 g/mol. The van der Waals surface area contributed by atoms with Crippen molar-refractivity contribution in [3.63, 3.8) is 0 Å². The lowest BCUT2D eigenvalue weighted by atomic mass is 9.99. The monoisotopic (exact) mass is 273 g/mol. The number of rotatable bonds is 3. The molecule has 3 rings (SSSR count). The number of aromatic nitrogens is 2. The maximum absolute atomic E-state index is 9.18. The Labute approximate surface area is 124 Å². The molecule has 0 atom stereocenters. The Morgan fingerprint density at radius 1 is 1.10 bits per heavy atom. The van der Waals surface area contributed by atoms with Gasteiger partial charge < -0.3 is 4.57 Å². The van der Waals surface area contributed by atoms with E-state index < -0.39 is 0 Å². The normalized spacial score (nSPS) is 10.3. The SMILES string of the molecule is Cc1nccn1Cc1ccc(-c2ccccc2C#N)cc1. The van der Waals surface area contributed by atoms with Crippen LogP contribution >= 0.6 is 0 Å². The van der Waals surface area contributed by atoms with Crippen LogP contribution in [0.15, 0.2) is 60.9 Å². The number of hydrogen-bond acceptors (Lipinski definition) is 2. The van der Waals surface area contributed by atoms with Crippen molar-refractivity contribution in [2.75, 3.05) is 0 Å². The van der Waals surface area contributed by atoms with Crippen molar-refractivity contribution < 1.29 is 0 Å². The van der Waals surface area contributed by atoms with Gasteiger partial charge in [-0.05, 0) is 29.7 Å². The van der Waals surface area contributed by atoms with Crippen molar-refractivity contribution in [2.45, 2.75) is 13.5 Å². The maximum Gasteiger partial charge on any atom is 0.105 e. The summed E-state index contributed by atoms with van der Waals surface area (Å²) in [6, 6.07) is 18.2.